The number of alkyl halides is 6. The van der Waals surface area contributed by atoms with Crippen molar-refractivity contribution in [2.24, 2.45) is 0 Å². The molecular weight excluding hydrogens is 460 g/mol. The molecule has 2 aromatic rings. The Bertz CT molecular complexity index is 964. The maximum atomic E-state index is 13.2. The standard InChI is InChI=1S/C20H19F6N3O4/c1-11(15-7-6-13(9-27-15)33-10-19(21,22)23)28-17(30)16(29-18(31)32)8-12-4-2-3-5-14(12)20(24,25)26/h2-7,9,11,16,29H,8,10H2,1H3,(H,28,30)(H,31,32). The van der Waals surface area contributed by atoms with Crippen molar-refractivity contribution in [3.8, 4) is 5.75 Å². The normalized spacial score (nSPS) is 13.7. The minimum atomic E-state index is -4.70. The van der Waals surface area contributed by atoms with Crippen LogP contribution in [0.5, 0.6) is 5.75 Å². The van der Waals surface area contributed by atoms with Crippen molar-refractivity contribution in [2.45, 2.75) is 37.8 Å². The van der Waals surface area contributed by atoms with Crippen LogP contribution in [-0.4, -0.2) is 40.9 Å². The van der Waals surface area contributed by atoms with Gasteiger partial charge in [0, 0.05) is 6.42 Å². The van der Waals surface area contributed by atoms with Gasteiger partial charge in [-0.25, -0.2) is 4.79 Å². The molecule has 1 aromatic carbocycles. The number of nitrogens with one attached hydrogen (secondary N) is 2. The van der Waals surface area contributed by atoms with E-state index < -0.39 is 55.0 Å². The van der Waals surface area contributed by atoms with Crippen LogP contribution in [0.3, 0.4) is 0 Å². The van der Waals surface area contributed by atoms with Crippen LogP contribution in [0.2, 0.25) is 0 Å². The van der Waals surface area contributed by atoms with Gasteiger partial charge in [0.25, 0.3) is 0 Å². The summed E-state index contributed by atoms with van der Waals surface area (Å²) in [4.78, 5) is 27.6. The summed E-state index contributed by atoms with van der Waals surface area (Å²) < 4.78 is 80.8. The van der Waals surface area contributed by atoms with Gasteiger partial charge < -0.3 is 20.5 Å². The first-order chi connectivity index (χ1) is 15.3. The van der Waals surface area contributed by atoms with Crippen molar-refractivity contribution in [3.05, 3.63) is 59.4 Å². The van der Waals surface area contributed by atoms with E-state index in [1.165, 1.54) is 31.2 Å². The molecule has 0 aliphatic rings. The van der Waals surface area contributed by atoms with Crippen LogP contribution in [-0.2, 0) is 17.4 Å². The van der Waals surface area contributed by atoms with Crippen molar-refractivity contribution >= 4 is 12.0 Å². The molecule has 1 heterocycles. The second-order valence-electron chi connectivity index (χ2n) is 6.91. The number of carboxylic acid groups (broad SMARTS) is 1. The van der Waals surface area contributed by atoms with E-state index in [1.807, 2.05) is 5.32 Å². The van der Waals surface area contributed by atoms with Crippen LogP contribution in [0.25, 0.3) is 0 Å². The third-order valence-corrected chi connectivity index (χ3v) is 4.33. The number of pyridine rings is 1. The van der Waals surface area contributed by atoms with Gasteiger partial charge >= 0.3 is 18.4 Å². The van der Waals surface area contributed by atoms with E-state index >= 15 is 0 Å². The van der Waals surface area contributed by atoms with Crippen molar-refractivity contribution in [1.29, 1.82) is 0 Å². The van der Waals surface area contributed by atoms with Crippen LogP contribution >= 0.6 is 0 Å². The molecule has 0 aliphatic carbocycles. The lowest BCUT2D eigenvalue weighted by molar-refractivity contribution is -0.153. The summed E-state index contributed by atoms with van der Waals surface area (Å²) in [6.07, 6.45) is -10.4. The van der Waals surface area contributed by atoms with E-state index in [0.29, 0.717) is 0 Å². The fourth-order valence-corrected chi connectivity index (χ4v) is 2.84. The van der Waals surface area contributed by atoms with E-state index in [-0.39, 0.29) is 17.0 Å². The van der Waals surface area contributed by atoms with Crippen LogP contribution in [0, 0.1) is 0 Å². The number of halogens is 6. The summed E-state index contributed by atoms with van der Waals surface area (Å²) in [7, 11) is 0. The highest BCUT2D eigenvalue weighted by molar-refractivity contribution is 5.85. The number of nitrogens with zero attached hydrogens (tertiary/aromatic N) is 1. The molecule has 3 N–H and O–H groups in total. The first-order valence-electron chi connectivity index (χ1n) is 9.36. The maximum Gasteiger partial charge on any atom is 0.422 e. The molecule has 0 saturated carbocycles. The molecule has 0 fully saturated rings. The molecule has 0 saturated heterocycles. The Morgan fingerprint density at radius 1 is 1.06 bits per heavy atom. The van der Waals surface area contributed by atoms with Crippen molar-refractivity contribution < 1.29 is 45.8 Å². The summed E-state index contributed by atoms with van der Waals surface area (Å²) in [5, 5.41) is 13.3. The van der Waals surface area contributed by atoms with Gasteiger partial charge in [-0.1, -0.05) is 18.2 Å². The molecule has 2 atom stereocenters. The lowest BCUT2D eigenvalue weighted by atomic mass is 9.99. The number of aromatic nitrogens is 1. The monoisotopic (exact) mass is 479 g/mol. The minimum Gasteiger partial charge on any atom is -0.483 e. The average Bonchev–Trinajstić information content (AvgIpc) is 2.71. The molecule has 7 nitrogen and oxygen atoms in total. The lowest BCUT2D eigenvalue weighted by Gasteiger charge is -2.22. The molecule has 0 aliphatic heterocycles. The van der Waals surface area contributed by atoms with Gasteiger partial charge in [0.05, 0.1) is 23.5 Å². The molecule has 33 heavy (non-hydrogen) atoms. The fraction of sp³-hybridized carbons (Fsp3) is 0.350. The second-order valence-corrected chi connectivity index (χ2v) is 6.91. The highest BCUT2D eigenvalue weighted by atomic mass is 19.4. The Morgan fingerprint density at radius 3 is 2.27 bits per heavy atom. The minimum absolute atomic E-state index is 0.163. The quantitative estimate of drug-likeness (QED) is 0.495. The third kappa shape index (κ3) is 8.16. The second kappa shape index (κ2) is 10.4. The molecule has 2 amide bonds. The summed E-state index contributed by atoms with van der Waals surface area (Å²) in [6, 6.07) is 4.54. The van der Waals surface area contributed by atoms with E-state index in [0.717, 1.165) is 18.3 Å². The van der Waals surface area contributed by atoms with Gasteiger partial charge in [-0.3, -0.25) is 9.78 Å². The van der Waals surface area contributed by atoms with E-state index in [4.69, 9.17) is 5.11 Å². The summed E-state index contributed by atoms with van der Waals surface area (Å²) in [5.74, 6) is -1.08. The van der Waals surface area contributed by atoms with E-state index in [2.05, 4.69) is 15.0 Å². The van der Waals surface area contributed by atoms with Gasteiger partial charge in [0.2, 0.25) is 5.91 Å². The fourth-order valence-electron chi connectivity index (χ4n) is 2.84. The topological polar surface area (TPSA) is 101 Å². The first kappa shape index (κ1) is 25.7. The van der Waals surface area contributed by atoms with Crippen LogP contribution in [0.15, 0.2) is 42.6 Å². The molecule has 180 valence electrons. The summed E-state index contributed by atoms with van der Waals surface area (Å²) >= 11 is 0. The Balaban J connectivity index is 2.12. The van der Waals surface area contributed by atoms with E-state index in [9.17, 15) is 35.9 Å². The Kier molecular flexibility index (Phi) is 8.12. The Labute approximate surface area is 183 Å². The van der Waals surface area contributed by atoms with Crippen LogP contribution in [0.1, 0.15) is 29.8 Å². The molecule has 0 radical (unpaired) electrons. The third-order valence-electron chi connectivity index (χ3n) is 4.33. The van der Waals surface area contributed by atoms with Gasteiger partial charge in [-0.2, -0.15) is 26.3 Å². The summed E-state index contributed by atoms with van der Waals surface area (Å²) in [6.45, 7) is -0.0553. The van der Waals surface area contributed by atoms with Crippen LogP contribution in [0.4, 0.5) is 31.1 Å². The van der Waals surface area contributed by atoms with Gasteiger partial charge in [0.15, 0.2) is 6.61 Å². The Hall–Kier alpha value is -3.51. The van der Waals surface area contributed by atoms with Crippen molar-refractivity contribution in [1.82, 2.24) is 15.6 Å². The highest BCUT2D eigenvalue weighted by Crippen LogP contribution is 2.32. The van der Waals surface area contributed by atoms with E-state index in [1.54, 1.807) is 0 Å². The van der Waals surface area contributed by atoms with Crippen LogP contribution < -0.4 is 15.4 Å². The molecule has 13 heteroatoms. The number of ether oxygens (including phenoxy) is 1. The number of amides is 2. The average molecular weight is 479 g/mol. The molecule has 1 aromatic heterocycles. The van der Waals surface area contributed by atoms with Crippen molar-refractivity contribution in [2.75, 3.05) is 6.61 Å². The Morgan fingerprint density at radius 2 is 1.73 bits per heavy atom. The van der Waals surface area contributed by atoms with Crippen molar-refractivity contribution in [3.63, 3.8) is 0 Å². The maximum absolute atomic E-state index is 13.2. The van der Waals surface area contributed by atoms with Gasteiger partial charge in [0.1, 0.15) is 11.8 Å². The molecule has 0 spiro atoms. The zero-order chi connectivity index (χ0) is 24.8. The van der Waals surface area contributed by atoms with Gasteiger partial charge in [-0.05, 0) is 30.7 Å². The number of benzene rings is 1. The molecular formula is C20H19F6N3O4. The zero-order valence-electron chi connectivity index (χ0n) is 17.0. The largest absolute Gasteiger partial charge is 0.483 e. The summed E-state index contributed by atoms with van der Waals surface area (Å²) in [5.41, 5.74) is -1.08. The molecule has 2 unspecified atom stereocenters. The number of carbonyl (C=O) groups is 2. The highest BCUT2D eigenvalue weighted by Gasteiger charge is 2.34. The number of carbonyl (C=O) groups excluding carboxylic acids is 1. The number of hydrogen-bond acceptors (Lipinski definition) is 4. The lowest BCUT2D eigenvalue weighted by Crippen LogP contribution is -2.48. The van der Waals surface area contributed by atoms with Gasteiger partial charge in [-0.15, -0.1) is 0 Å². The molecule has 0 bridgehead atoms. The number of rotatable bonds is 8. The first-order valence-corrected chi connectivity index (χ1v) is 9.36. The number of hydrogen-bond donors (Lipinski definition) is 3. The zero-order valence-corrected chi connectivity index (χ0v) is 17.0. The SMILES string of the molecule is CC(NC(=O)C(Cc1ccccc1C(F)(F)F)NC(=O)O)c1ccc(OCC(F)(F)F)cn1. The smallest absolute Gasteiger partial charge is 0.422 e. The molecule has 2 rings (SSSR count). The predicted molar refractivity (Wildman–Crippen MR) is 102 cm³/mol. The predicted octanol–water partition coefficient (Wildman–Crippen LogP) is 4.10.